The number of hydrogen-bond acceptors (Lipinski definition) is 3. The van der Waals surface area contributed by atoms with Crippen LogP contribution in [0.15, 0.2) is 30.3 Å². The van der Waals surface area contributed by atoms with Crippen LogP contribution in [0.2, 0.25) is 0 Å². The number of benzene rings is 1. The monoisotopic (exact) mass is 366 g/mol. The molecule has 26 heavy (non-hydrogen) atoms. The molecule has 150 valence electrons. The van der Waals surface area contributed by atoms with Gasteiger partial charge >= 0.3 is 0 Å². The predicted octanol–water partition coefficient (Wildman–Crippen LogP) is 5.94. The highest BCUT2D eigenvalue weighted by Crippen LogP contribution is 2.13. The Labute approximate surface area is 159 Å². The Hall–Kier alpha value is -1.62. The van der Waals surface area contributed by atoms with E-state index >= 15 is 0 Å². The SMILES string of the molecule is CCCCCCCCCCCC[N+](C)(C)Cc1ccccc1.O=[N+]([O-])[O-]. The van der Waals surface area contributed by atoms with Crippen LogP contribution in [0.3, 0.4) is 0 Å². The molecule has 0 amide bonds. The van der Waals surface area contributed by atoms with Gasteiger partial charge in [-0.1, -0.05) is 88.6 Å². The Balaban J connectivity index is 0.00000141. The lowest BCUT2D eigenvalue weighted by Crippen LogP contribution is -2.39. The van der Waals surface area contributed by atoms with Gasteiger partial charge in [0.05, 0.1) is 25.7 Å². The van der Waals surface area contributed by atoms with E-state index in [1.165, 1.54) is 76.3 Å². The van der Waals surface area contributed by atoms with E-state index in [-0.39, 0.29) is 0 Å². The second-order valence-corrected chi connectivity index (χ2v) is 7.71. The van der Waals surface area contributed by atoms with Crippen molar-refractivity contribution in [2.45, 2.75) is 77.7 Å². The van der Waals surface area contributed by atoms with Crippen LogP contribution in [0.5, 0.6) is 0 Å². The zero-order valence-corrected chi connectivity index (χ0v) is 17.0. The van der Waals surface area contributed by atoms with E-state index in [4.69, 9.17) is 15.3 Å². The zero-order chi connectivity index (χ0) is 19.7. The zero-order valence-electron chi connectivity index (χ0n) is 17.0. The maximum absolute atomic E-state index is 8.25. The molecule has 0 aromatic heterocycles. The summed E-state index contributed by atoms with van der Waals surface area (Å²) in [5.41, 5.74) is 1.46. The number of rotatable bonds is 13. The number of hydrogen-bond donors (Lipinski definition) is 0. The molecular formula is C21H38N2O3. The third-order valence-corrected chi connectivity index (χ3v) is 4.57. The maximum atomic E-state index is 8.25. The molecule has 0 spiro atoms. The summed E-state index contributed by atoms with van der Waals surface area (Å²) in [4.78, 5) is 8.25. The molecule has 0 atom stereocenters. The Morgan fingerprint density at radius 2 is 1.23 bits per heavy atom. The van der Waals surface area contributed by atoms with Crippen LogP contribution in [0.4, 0.5) is 0 Å². The van der Waals surface area contributed by atoms with E-state index in [1.54, 1.807) is 0 Å². The van der Waals surface area contributed by atoms with Crippen molar-refractivity contribution in [3.05, 3.63) is 51.2 Å². The van der Waals surface area contributed by atoms with Gasteiger partial charge in [0.2, 0.25) is 0 Å². The van der Waals surface area contributed by atoms with Crippen LogP contribution < -0.4 is 0 Å². The van der Waals surface area contributed by atoms with Gasteiger partial charge in [-0.05, 0) is 12.8 Å². The van der Waals surface area contributed by atoms with E-state index in [0.29, 0.717) is 0 Å². The average Bonchev–Trinajstić information content (AvgIpc) is 2.56. The van der Waals surface area contributed by atoms with Crippen molar-refractivity contribution in [2.24, 2.45) is 0 Å². The summed E-state index contributed by atoms with van der Waals surface area (Å²) in [6.07, 6.45) is 14.2. The van der Waals surface area contributed by atoms with Crippen LogP contribution in [-0.2, 0) is 6.54 Å². The summed E-state index contributed by atoms with van der Waals surface area (Å²) in [6.45, 7) is 4.74. The highest BCUT2D eigenvalue weighted by Gasteiger charge is 2.14. The number of quaternary nitrogens is 1. The van der Waals surface area contributed by atoms with E-state index in [2.05, 4.69) is 51.4 Å². The summed E-state index contributed by atoms with van der Waals surface area (Å²) in [6, 6.07) is 10.9. The van der Waals surface area contributed by atoms with E-state index in [1.807, 2.05) is 0 Å². The molecular weight excluding hydrogens is 328 g/mol. The Morgan fingerprint density at radius 3 is 1.69 bits per heavy atom. The third kappa shape index (κ3) is 17.2. The average molecular weight is 367 g/mol. The topological polar surface area (TPSA) is 66.2 Å². The molecule has 0 aliphatic heterocycles. The van der Waals surface area contributed by atoms with Crippen LogP contribution in [0.25, 0.3) is 0 Å². The van der Waals surface area contributed by atoms with Crippen molar-refractivity contribution < 1.29 is 9.57 Å². The maximum Gasteiger partial charge on any atom is 0.104 e. The first-order valence-corrected chi connectivity index (χ1v) is 10.0. The van der Waals surface area contributed by atoms with Crippen molar-refractivity contribution >= 4 is 0 Å². The molecule has 0 saturated heterocycles. The molecule has 0 radical (unpaired) electrons. The summed E-state index contributed by atoms with van der Waals surface area (Å²) in [7, 11) is 4.72. The fraction of sp³-hybridized carbons (Fsp3) is 0.714. The normalized spacial score (nSPS) is 10.9. The molecule has 0 fully saturated rings. The van der Waals surface area contributed by atoms with Gasteiger partial charge in [0.1, 0.15) is 6.54 Å². The fourth-order valence-corrected chi connectivity index (χ4v) is 3.18. The highest BCUT2D eigenvalue weighted by molar-refractivity contribution is 5.13. The first-order chi connectivity index (χ1) is 12.4. The van der Waals surface area contributed by atoms with E-state index in [0.717, 1.165) is 11.0 Å². The van der Waals surface area contributed by atoms with Crippen molar-refractivity contribution in [3.63, 3.8) is 0 Å². The van der Waals surface area contributed by atoms with Gasteiger partial charge in [-0.3, -0.25) is 0 Å². The van der Waals surface area contributed by atoms with Crippen LogP contribution >= 0.6 is 0 Å². The minimum atomic E-state index is -1.75. The number of nitrogens with zero attached hydrogens (tertiary/aromatic N) is 2. The van der Waals surface area contributed by atoms with Gasteiger partial charge in [0.15, 0.2) is 0 Å². The number of unbranched alkanes of at least 4 members (excludes halogenated alkanes) is 9. The molecule has 0 bridgehead atoms. The minimum Gasteiger partial charge on any atom is -0.356 e. The summed E-state index contributed by atoms with van der Waals surface area (Å²) in [5, 5.41) is 14.8. The van der Waals surface area contributed by atoms with Gasteiger partial charge < -0.3 is 19.8 Å². The Bertz CT molecular complexity index is 446. The molecule has 0 aliphatic rings. The first-order valence-electron chi connectivity index (χ1n) is 10.0. The van der Waals surface area contributed by atoms with Crippen LogP contribution in [0.1, 0.15) is 76.7 Å². The third-order valence-electron chi connectivity index (χ3n) is 4.57. The predicted molar refractivity (Wildman–Crippen MR) is 109 cm³/mol. The van der Waals surface area contributed by atoms with Crippen molar-refractivity contribution in [3.8, 4) is 0 Å². The first kappa shape index (κ1) is 24.4. The van der Waals surface area contributed by atoms with Crippen LogP contribution in [0, 0.1) is 15.3 Å². The van der Waals surface area contributed by atoms with Gasteiger partial charge in [0, 0.05) is 5.56 Å². The molecule has 0 unspecified atom stereocenters. The lowest BCUT2D eigenvalue weighted by Gasteiger charge is -2.30. The molecule has 1 aromatic carbocycles. The fourth-order valence-electron chi connectivity index (χ4n) is 3.18. The van der Waals surface area contributed by atoms with Gasteiger partial charge in [0.25, 0.3) is 0 Å². The molecule has 1 rings (SSSR count). The van der Waals surface area contributed by atoms with Gasteiger partial charge in [-0.25, -0.2) is 0 Å². The Morgan fingerprint density at radius 1 is 0.808 bits per heavy atom. The largest absolute Gasteiger partial charge is 0.356 e. The Kier molecular flexibility index (Phi) is 14.6. The molecule has 0 aliphatic carbocycles. The van der Waals surface area contributed by atoms with Crippen LogP contribution in [-0.4, -0.2) is 30.2 Å². The molecule has 0 heterocycles. The molecule has 0 N–H and O–H groups in total. The molecule has 5 heteroatoms. The van der Waals surface area contributed by atoms with Crippen molar-refractivity contribution in [2.75, 3.05) is 20.6 Å². The quantitative estimate of drug-likeness (QED) is 0.188. The van der Waals surface area contributed by atoms with E-state index in [9.17, 15) is 0 Å². The molecule has 5 nitrogen and oxygen atoms in total. The lowest BCUT2D eigenvalue weighted by atomic mass is 10.1. The van der Waals surface area contributed by atoms with Gasteiger partial charge in [-0.15, -0.1) is 0 Å². The molecule has 1 aromatic rings. The van der Waals surface area contributed by atoms with Crippen molar-refractivity contribution in [1.29, 1.82) is 0 Å². The highest BCUT2D eigenvalue weighted by atomic mass is 16.9. The summed E-state index contributed by atoms with van der Waals surface area (Å²) < 4.78 is 1.11. The standard InChI is InChI=1S/C21H38N.NO3/c1-4-5-6-7-8-9-10-11-12-16-19-22(2,3)20-21-17-14-13-15-18-21;2-1(3)4/h13-15,17-18H,4-12,16,19-20H2,1-3H3;/q+1;-1. The van der Waals surface area contributed by atoms with E-state index < -0.39 is 5.09 Å². The smallest absolute Gasteiger partial charge is 0.104 e. The summed E-state index contributed by atoms with van der Waals surface area (Å²) >= 11 is 0. The molecule has 0 saturated carbocycles. The lowest BCUT2D eigenvalue weighted by molar-refractivity contribution is -0.903. The second kappa shape index (κ2) is 15.6. The van der Waals surface area contributed by atoms with Gasteiger partial charge in [-0.2, -0.15) is 0 Å². The minimum absolute atomic E-state index is 1.11. The summed E-state index contributed by atoms with van der Waals surface area (Å²) in [5.74, 6) is 0. The second-order valence-electron chi connectivity index (χ2n) is 7.71. The van der Waals surface area contributed by atoms with Crippen molar-refractivity contribution in [1.82, 2.24) is 0 Å².